The first-order valence-corrected chi connectivity index (χ1v) is 8.25. The Balaban J connectivity index is 2.16. The number of halogens is 7. The molecule has 0 bridgehead atoms. The Morgan fingerprint density at radius 3 is 1.61 bits per heavy atom. The van der Waals surface area contributed by atoms with Crippen LogP contribution in [0.1, 0.15) is 50.2 Å². The molecule has 2 fully saturated rings. The first-order chi connectivity index (χ1) is 12.8. The molecule has 4 nitrogen and oxygen atoms in total. The Morgan fingerprint density at radius 1 is 0.786 bits per heavy atom. The minimum absolute atomic E-state index is 0.112. The van der Waals surface area contributed by atoms with E-state index in [0.29, 0.717) is 19.8 Å². The van der Waals surface area contributed by atoms with Crippen molar-refractivity contribution in [2.75, 3.05) is 0 Å². The molecule has 1 saturated heterocycles. The van der Waals surface area contributed by atoms with Crippen molar-refractivity contribution in [1.82, 2.24) is 0 Å². The van der Waals surface area contributed by atoms with Gasteiger partial charge in [-0.25, -0.2) is 17.6 Å². The SMILES string of the molecule is CC1(c2c(F)c(F)c(C(F)(F)F)c(F)c2F)C(=O)OC2(CCCCC2)OC1=O. The molecule has 1 aliphatic heterocycles. The fourth-order valence-electron chi connectivity index (χ4n) is 3.46. The third-order valence-electron chi connectivity index (χ3n) is 5.04. The lowest BCUT2D eigenvalue weighted by Crippen LogP contribution is -2.58. The molecule has 1 aromatic rings. The summed E-state index contributed by atoms with van der Waals surface area (Å²) in [6.45, 7) is 0.570. The Kier molecular flexibility index (Phi) is 4.62. The number of rotatable bonds is 1. The van der Waals surface area contributed by atoms with Gasteiger partial charge in [0.2, 0.25) is 0 Å². The zero-order valence-corrected chi connectivity index (χ0v) is 14.3. The second-order valence-corrected chi connectivity index (χ2v) is 6.88. The van der Waals surface area contributed by atoms with Crippen LogP contribution in [0.2, 0.25) is 0 Å². The van der Waals surface area contributed by atoms with E-state index in [0.717, 1.165) is 6.42 Å². The first kappa shape index (κ1) is 20.4. The van der Waals surface area contributed by atoms with E-state index in [1.54, 1.807) is 0 Å². The van der Waals surface area contributed by atoms with Gasteiger partial charge in [-0.1, -0.05) is 6.42 Å². The number of ether oxygens (including phenoxy) is 2. The van der Waals surface area contributed by atoms with E-state index < -0.39 is 63.7 Å². The third-order valence-corrected chi connectivity index (χ3v) is 5.04. The molecule has 2 aliphatic rings. The number of benzene rings is 1. The van der Waals surface area contributed by atoms with Crippen molar-refractivity contribution >= 4 is 11.9 Å². The molecule has 0 aromatic heterocycles. The summed E-state index contributed by atoms with van der Waals surface area (Å²) in [7, 11) is 0. The summed E-state index contributed by atoms with van der Waals surface area (Å²) in [6, 6.07) is 0. The number of hydrogen-bond donors (Lipinski definition) is 0. The van der Waals surface area contributed by atoms with E-state index >= 15 is 0 Å². The van der Waals surface area contributed by atoms with E-state index in [-0.39, 0.29) is 12.8 Å². The van der Waals surface area contributed by atoms with Gasteiger partial charge >= 0.3 is 18.1 Å². The Labute approximate surface area is 153 Å². The standard InChI is InChI=1S/C17H13F7O4/c1-15(13(25)27-16(28-14(15)26)5-3-2-4-6-16)7-9(18)11(20)8(17(22,23)24)12(21)10(7)19/h2-6H2,1H3. The first-order valence-electron chi connectivity index (χ1n) is 8.25. The molecule has 1 aromatic carbocycles. The van der Waals surface area contributed by atoms with Gasteiger partial charge in [0.15, 0.2) is 28.7 Å². The van der Waals surface area contributed by atoms with Crippen molar-refractivity contribution < 1.29 is 49.8 Å². The van der Waals surface area contributed by atoms with Crippen LogP contribution in [-0.4, -0.2) is 17.7 Å². The van der Waals surface area contributed by atoms with E-state index in [4.69, 9.17) is 9.47 Å². The molecule has 11 heteroatoms. The average molecular weight is 414 g/mol. The van der Waals surface area contributed by atoms with Crippen molar-refractivity contribution in [3.63, 3.8) is 0 Å². The molecule has 1 spiro atoms. The van der Waals surface area contributed by atoms with E-state index in [2.05, 4.69) is 0 Å². The van der Waals surface area contributed by atoms with Crippen molar-refractivity contribution in [1.29, 1.82) is 0 Å². The quantitative estimate of drug-likeness (QED) is 0.298. The van der Waals surface area contributed by atoms with Gasteiger partial charge < -0.3 is 9.47 Å². The second kappa shape index (κ2) is 6.35. The molecule has 1 heterocycles. The topological polar surface area (TPSA) is 52.6 Å². The predicted molar refractivity (Wildman–Crippen MR) is 76.6 cm³/mol. The van der Waals surface area contributed by atoms with Crippen LogP contribution in [0.4, 0.5) is 30.7 Å². The van der Waals surface area contributed by atoms with Gasteiger partial charge in [-0.3, -0.25) is 9.59 Å². The molecular weight excluding hydrogens is 401 g/mol. The molecule has 154 valence electrons. The van der Waals surface area contributed by atoms with Gasteiger partial charge in [0, 0.05) is 12.8 Å². The van der Waals surface area contributed by atoms with Crippen molar-refractivity contribution in [2.24, 2.45) is 0 Å². The highest BCUT2D eigenvalue weighted by molar-refractivity contribution is 6.07. The fourth-order valence-corrected chi connectivity index (χ4v) is 3.46. The molecule has 1 aliphatic carbocycles. The van der Waals surface area contributed by atoms with Crippen LogP contribution in [0.25, 0.3) is 0 Å². The fraction of sp³-hybridized carbons (Fsp3) is 0.529. The zero-order chi connectivity index (χ0) is 21.1. The summed E-state index contributed by atoms with van der Waals surface area (Å²) in [5.41, 5.74) is -7.67. The average Bonchev–Trinajstić information content (AvgIpc) is 2.58. The Bertz CT molecular complexity index is 807. The van der Waals surface area contributed by atoms with Crippen LogP contribution < -0.4 is 0 Å². The van der Waals surface area contributed by atoms with Crippen LogP contribution in [0.3, 0.4) is 0 Å². The predicted octanol–water partition coefficient (Wildman–Crippen LogP) is 4.28. The minimum Gasteiger partial charge on any atom is -0.421 e. The highest BCUT2D eigenvalue weighted by Crippen LogP contribution is 2.46. The number of alkyl halides is 3. The van der Waals surface area contributed by atoms with Crippen molar-refractivity contribution in [2.45, 2.75) is 56.4 Å². The molecule has 0 N–H and O–H groups in total. The number of carbonyl (C=O) groups is 2. The minimum atomic E-state index is -5.75. The van der Waals surface area contributed by atoms with Gasteiger partial charge in [0.25, 0.3) is 5.79 Å². The lowest BCUT2D eigenvalue weighted by Gasteiger charge is -2.44. The highest BCUT2D eigenvalue weighted by atomic mass is 19.4. The number of hydrogen-bond acceptors (Lipinski definition) is 4. The summed E-state index contributed by atoms with van der Waals surface area (Å²) >= 11 is 0. The van der Waals surface area contributed by atoms with E-state index in [1.165, 1.54) is 0 Å². The molecule has 3 rings (SSSR count). The number of esters is 2. The summed E-state index contributed by atoms with van der Waals surface area (Å²) in [6.07, 6.45) is -3.74. The van der Waals surface area contributed by atoms with Gasteiger partial charge in [-0.15, -0.1) is 0 Å². The van der Waals surface area contributed by atoms with Crippen LogP contribution >= 0.6 is 0 Å². The van der Waals surface area contributed by atoms with Crippen LogP contribution in [0.15, 0.2) is 0 Å². The highest BCUT2D eigenvalue weighted by Gasteiger charge is 2.60. The monoisotopic (exact) mass is 414 g/mol. The summed E-state index contributed by atoms with van der Waals surface area (Å²) in [5.74, 6) is -15.4. The lowest BCUT2D eigenvalue weighted by molar-refractivity contribution is -0.263. The third kappa shape index (κ3) is 2.82. The zero-order valence-electron chi connectivity index (χ0n) is 14.3. The molecule has 0 unspecified atom stereocenters. The van der Waals surface area contributed by atoms with Gasteiger partial charge in [-0.05, 0) is 19.8 Å². The maximum atomic E-state index is 14.3. The maximum absolute atomic E-state index is 14.3. The molecule has 28 heavy (non-hydrogen) atoms. The van der Waals surface area contributed by atoms with Gasteiger partial charge in [0.05, 0.1) is 5.56 Å². The maximum Gasteiger partial charge on any atom is 0.422 e. The van der Waals surface area contributed by atoms with E-state index in [1.807, 2.05) is 0 Å². The number of carbonyl (C=O) groups excluding carboxylic acids is 2. The summed E-state index contributed by atoms with van der Waals surface area (Å²) < 4.78 is 105. The lowest BCUT2D eigenvalue weighted by atomic mass is 9.79. The van der Waals surface area contributed by atoms with Crippen LogP contribution in [0.5, 0.6) is 0 Å². The molecule has 1 saturated carbocycles. The van der Waals surface area contributed by atoms with E-state index in [9.17, 15) is 40.3 Å². The molecule has 0 atom stereocenters. The summed E-state index contributed by atoms with van der Waals surface area (Å²) in [5, 5.41) is 0. The van der Waals surface area contributed by atoms with Crippen LogP contribution in [-0.2, 0) is 30.7 Å². The molecule has 0 radical (unpaired) electrons. The van der Waals surface area contributed by atoms with Gasteiger partial charge in [0.1, 0.15) is 5.56 Å². The second-order valence-electron chi connectivity index (χ2n) is 6.88. The Hall–Kier alpha value is -2.33. The van der Waals surface area contributed by atoms with Crippen molar-refractivity contribution in [3.05, 3.63) is 34.4 Å². The normalized spacial score (nSPS) is 21.4. The molecular formula is C17H13F7O4. The summed E-state index contributed by atoms with van der Waals surface area (Å²) in [4.78, 5) is 25.0. The van der Waals surface area contributed by atoms with Gasteiger partial charge in [-0.2, -0.15) is 13.2 Å². The van der Waals surface area contributed by atoms with Crippen molar-refractivity contribution in [3.8, 4) is 0 Å². The Morgan fingerprint density at radius 2 is 1.21 bits per heavy atom. The molecule has 0 amide bonds. The van der Waals surface area contributed by atoms with Crippen LogP contribution in [0, 0.1) is 23.3 Å². The smallest absolute Gasteiger partial charge is 0.421 e. The largest absolute Gasteiger partial charge is 0.422 e.